The van der Waals surface area contributed by atoms with E-state index in [-0.39, 0.29) is 0 Å². The topological polar surface area (TPSA) is 43.0 Å². The van der Waals surface area contributed by atoms with Crippen LogP contribution in [0.1, 0.15) is 22.3 Å². The van der Waals surface area contributed by atoms with E-state index in [4.69, 9.17) is 21.5 Å². The van der Waals surface area contributed by atoms with Crippen molar-refractivity contribution in [3.63, 3.8) is 0 Å². The van der Waals surface area contributed by atoms with Crippen LogP contribution in [0.25, 0.3) is 72.4 Å². The molecule has 0 radical (unpaired) electrons. The van der Waals surface area contributed by atoms with Gasteiger partial charge >= 0.3 is 0 Å². The molecule has 0 fully saturated rings. The Bertz CT molecular complexity index is 2590. The minimum atomic E-state index is -0.480. The normalized spacial score (nSPS) is 12.8. The summed E-state index contributed by atoms with van der Waals surface area (Å²) in [6.07, 6.45) is 0. The van der Waals surface area contributed by atoms with Crippen LogP contribution in [0.4, 0.5) is 5.69 Å². The molecule has 4 nitrogen and oxygen atoms in total. The third kappa shape index (κ3) is 4.29. The van der Waals surface area contributed by atoms with Crippen molar-refractivity contribution in [2.24, 2.45) is 0 Å². The zero-order valence-electron chi connectivity index (χ0n) is 27.5. The van der Waals surface area contributed by atoms with E-state index >= 15 is 0 Å². The standard InChI is InChI=1S/C47H28N4/c1-48-42-22-12-21-41-43(42)37-29-34(27-28-40(37)47(41)38-19-10-8-17-35(38)36-18-9-11-20-39(36)47)30-23-25-33(26-24-30)46-50-44(31-13-4-2-5-14-31)49-45(51-46)32-15-6-3-7-16-32/h2-29H. The highest BCUT2D eigenvalue weighted by atomic mass is 15.0. The summed E-state index contributed by atoms with van der Waals surface area (Å²) in [5.74, 6) is 1.90. The van der Waals surface area contributed by atoms with E-state index in [1.807, 2.05) is 72.8 Å². The summed E-state index contributed by atoms with van der Waals surface area (Å²) in [5.41, 5.74) is 14.8. The molecule has 2 aliphatic rings. The second-order valence-corrected chi connectivity index (χ2v) is 13.0. The lowest BCUT2D eigenvalue weighted by molar-refractivity contribution is 0.794. The molecule has 10 rings (SSSR count). The lowest BCUT2D eigenvalue weighted by atomic mass is 9.70. The van der Waals surface area contributed by atoms with Gasteiger partial charge in [0.15, 0.2) is 23.2 Å². The molecule has 51 heavy (non-hydrogen) atoms. The van der Waals surface area contributed by atoms with Crippen LogP contribution in [0.2, 0.25) is 0 Å². The quantitative estimate of drug-likeness (QED) is 0.178. The fourth-order valence-corrected chi connectivity index (χ4v) is 8.20. The Morgan fingerprint density at radius 2 is 0.824 bits per heavy atom. The fraction of sp³-hybridized carbons (Fsp3) is 0.0213. The van der Waals surface area contributed by atoms with Gasteiger partial charge in [-0.05, 0) is 61.7 Å². The lowest BCUT2D eigenvalue weighted by Gasteiger charge is -2.30. The number of fused-ring (bicyclic) bond motifs is 10. The van der Waals surface area contributed by atoms with Gasteiger partial charge in [-0.2, -0.15) is 0 Å². The van der Waals surface area contributed by atoms with Crippen LogP contribution in [0.5, 0.6) is 0 Å². The molecule has 0 atom stereocenters. The van der Waals surface area contributed by atoms with Gasteiger partial charge < -0.3 is 0 Å². The number of nitrogens with zero attached hydrogens (tertiary/aromatic N) is 4. The van der Waals surface area contributed by atoms with E-state index in [1.54, 1.807) is 0 Å². The third-order valence-electron chi connectivity index (χ3n) is 10.4. The molecule has 0 unspecified atom stereocenters. The van der Waals surface area contributed by atoms with Gasteiger partial charge in [0.05, 0.1) is 12.0 Å². The highest BCUT2D eigenvalue weighted by Crippen LogP contribution is 2.64. The molecule has 7 aromatic carbocycles. The average molecular weight is 649 g/mol. The van der Waals surface area contributed by atoms with Gasteiger partial charge in [0.2, 0.25) is 0 Å². The van der Waals surface area contributed by atoms with Crippen LogP contribution >= 0.6 is 0 Å². The van der Waals surface area contributed by atoms with E-state index < -0.39 is 5.41 Å². The number of aromatic nitrogens is 3. The number of hydrogen-bond donors (Lipinski definition) is 0. The summed E-state index contributed by atoms with van der Waals surface area (Å²) in [4.78, 5) is 18.7. The van der Waals surface area contributed by atoms with E-state index in [1.165, 1.54) is 33.4 Å². The molecular weight excluding hydrogens is 621 g/mol. The molecule has 236 valence electrons. The SMILES string of the molecule is [C-]#[N+]c1cccc2c1-c1cc(-c3ccc(-c4nc(-c5ccccc5)nc(-c5ccccc5)n4)cc3)ccc1C21c2ccccc2-c2ccccc21. The molecule has 0 saturated heterocycles. The molecule has 0 N–H and O–H groups in total. The Morgan fingerprint density at radius 3 is 1.39 bits per heavy atom. The van der Waals surface area contributed by atoms with Crippen molar-refractivity contribution in [3.05, 3.63) is 204 Å². The highest BCUT2D eigenvalue weighted by molar-refractivity contribution is 5.99. The molecule has 0 aliphatic heterocycles. The molecule has 0 saturated carbocycles. The molecule has 1 spiro atoms. The van der Waals surface area contributed by atoms with Crippen molar-refractivity contribution < 1.29 is 0 Å². The molecule has 4 heteroatoms. The summed E-state index contributed by atoms with van der Waals surface area (Å²) in [5, 5.41) is 0. The molecule has 1 aromatic heterocycles. The van der Waals surface area contributed by atoms with Crippen molar-refractivity contribution in [2.45, 2.75) is 5.41 Å². The van der Waals surface area contributed by atoms with Crippen molar-refractivity contribution in [2.75, 3.05) is 0 Å². The first kappa shape index (κ1) is 29.0. The summed E-state index contributed by atoms with van der Waals surface area (Å²) in [7, 11) is 0. The maximum Gasteiger partial charge on any atom is 0.195 e. The first-order chi connectivity index (χ1) is 25.2. The van der Waals surface area contributed by atoms with Crippen LogP contribution < -0.4 is 0 Å². The van der Waals surface area contributed by atoms with Crippen LogP contribution in [-0.2, 0) is 5.41 Å². The molecule has 0 amide bonds. The smallest absolute Gasteiger partial charge is 0.195 e. The monoisotopic (exact) mass is 648 g/mol. The zero-order valence-corrected chi connectivity index (χ0v) is 27.5. The van der Waals surface area contributed by atoms with E-state index in [2.05, 4.69) is 102 Å². The largest absolute Gasteiger partial charge is 0.238 e. The first-order valence-electron chi connectivity index (χ1n) is 17.1. The number of benzene rings is 7. The van der Waals surface area contributed by atoms with Gasteiger partial charge in [0, 0.05) is 16.7 Å². The van der Waals surface area contributed by atoms with Crippen LogP contribution in [0, 0.1) is 6.57 Å². The summed E-state index contributed by atoms with van der Waals surface area (Å²) < 4.78 is 0. The minimum absolute atomic E-state index is 0.480. The number of hydrogen-bond acceptors (Lipinski definition) is 3. The highest BCUT2D eigenvalue weighted by Gasteiger charge is 2.51. The van der Waals surface area contributed by atoms with Crippen LogP contribution in [0.15, 0.2) is 170 Å². The average Bonchev–Trinajstić information content (AvgIpc) is 3.68. The number of rotatable bonds is 4. The summed E-state index contributed by atoms with van der Waals surface area (Å²) in [6, 6.07) is 59.0. The van der Waals surface area contributed by atoms with Crippen molar-refractivity contribution in [1.82, 2.24) is 15.0 Å². The Morgan fingerprint density at radius 1 is 0.373 bits per heavy atom. The van der Waals surface area contributed by atoms with Crippen LogP contribution in [0.3, 0.4) is 0 Å². The van der Waals surface area contributed by atoms with Gasteiger partial charge in [-0.1, -0.05) is 164 Å². The molecule has 2 aliphatic carbocycles. The predicted molar refractivity (Wildman–Crippen MR) is 204 cm³/mol. The van der Waals surface area contributed by atoms with Crippen molar-refractivity contribution in [1.29, 1.82) is 0 Å². The molecule has 0 bridgehead atoms. The van der Waals surface area contributed by atoms with E-state index in [9.17, 15) is 0 Å². The van der Waals surface area contributed by atoms with Gasteiger partial charge in [-0.3, -0.25) is 0 Å². The Kier molecular flexibility index (Phi) is 6.43. The van der Waals surface area contributed by atoms with Crippen molar-refractivity contribution in [3.8, 4) is 67.5 Å². The maximum absolute atomic E-state index is 8.17. The first-order valence-corrected chi connectivity index (χ1v) is 17.1. The minimum Gasteiger partial charge on any atom is -0.238 e. The summed E-state index contributed by atoms with van der Waals surface area (Å²) in [6.45, 7) is 8.17. The van der Waals surface area contributed by atoms with Gasteiger partial charge in [-0.15, -0.1) is 0 Å². The lowest BCUT2D eigenvalue weighted by Crippen LogP contribution is -2.25. The Balaban J connectivity index is 1.11. The fourth-order valence-electron chi connectivity index (χ4n) is 8.20. The molecular formula is C47H28N4. The second kappa shape index (κ2) is 11.3. The maximum atomic E-state index is 8.17. The van der Waals surface area contributed by atoms with Gasteiger partial charge in [0.1, 0.15) is 0 Å². The summed E-state index contributed by atoms with van der Waals surface area (Å²) >= 11 is 0. The van der Waals surface area contributed by atoms with Crippen molar-refractivity contribution >= 4 is 5.69 Å². The Labute approximate surface area is 296 Å². The predicted octanol–water partition coefficient (Wildman–Crippen LogP) is 11.4. The Hall–Kier alpha value is -6.96. The van der Waals surface area contributed by atoms with Gasteiger partial charge in [0.25, 0.3) is 0 Å². The van der Waals surface area contributed by atoms with Crippen LogP contribution in [-0.4, -0.2) is 15.0 Å². The molecule has 8 aromatic rings. The van der Waals surface area contributed by atoms with E-state index in [0.717, 1.165) is 38.9 Å². The third-order valence-corrected chi connectivity index (χ3v) is 10.4. The van der Waals surface area contributed by atoms with Gasteiger partial charge in [-0.25, -0.2) is 19.8 Å². The zero-order chi connectivity index (χ0) is 33.9. The molecule has 1 heterocycles. The second-order valence-electron chi connectivity index (χ2n) is 13.0. The van der Waals surface area contributed by atoms with E-state index in [0.29, 0.717) is 23.2 Å².